The Hall–Kier alpha value is -2.97. The molecule has 9 heteroatoms. The quantitative estimate of drug-likeness (QED) is 0.417. The summed E-state index contributed by atoms with van der Waals surface area (Å²) in [5, 5.41) is 2.65. The minimum Gasteiger partial charge on any atom is -0.448 e. The van der Waals surface area contributed by atoms with Gasteiger partial charge in [0.1, 0.15) is 23.6 Å². The number of ether oxygens (including phenoxy) is 4. The van der Waals surface area contributed by atoms with Gasteiger partial charge in [-0.2, -0.15) is 0 Å². The molecule has 0 heterocycles. The Morgan fingerprint density at radius 3 is 2.00 bits per heavy atom. The van der Waals surface area contributed by atoms with Gasteiger partial charge in [0.15, 0.2) is 0 Å². The number of primary amides is 1. The predicted molar refractivity (Wildman–Crippen MR) is 106 cm³/mol. The van der Waals surface area contributed by atoms with Crippen LogP contribution in [0.2, 0.25) is 0 Å². The number of nitrogens with one attached hydrogen (secondary N) is 1. The third-order valence-corrected chi connectivity index (χ3v) is 3.14. The molecule has 0 unspecified atom stereocenters. The maximum absolute atomic E-state index is 12.0. The predicted octanol–water partition coefficient (Wildman–Crippen LogP) is 3.53. The van der Waals surface area contributed by atoms with Crippen molar-refractivity contribution in [3.05, 3.63) is 29.8 Å². The monoisotopic (exact) mass is 410 g/mol. The number of hydrogen-bond acceptors (Lipinski definition) is 7. The van der Waals surface area contributed by atoms with Gasteiger partial charge in [-0.1, -0.05) is 12.1 Å². The van der Waals surface area contributed by atoms with Crippen molar-refractivity contribution in [2.24, 2.45) is 5.73 Å². The van der Waals surface area contributed by atoms with Crippen molar-refractivity contribution in [3.63, 3.8) is 0 Å². The number of hydrogen-bond donors (Lipinski definition) is 2. The van der Waals surface area contributed by atoms with E-state index in [0.29, 0.717) is 12.2 Å². The third kappa shape index (κ3) is 11.5. The van der Waals surface area contributed by atoms with Crippen molar-refractivity contribution in [2.75, 3.05) is 6.61 Å². The Balaban J connectivity index is 2.73. The van der Waals surface area contributed by atoms with E-state index in [1.54, 1.807) is 65.8 Å². The summed E-state index contributed by atoms with van der Waals surface area (Å²) in [5.74, 6) is 0.313. The van der Waals surface area contributed by atoms with Crippen LogP contribution in [0.1, 0.15) is 47.1 Å². The maximum atomic E-state index is 12.0. The summed E-state index contributed by atoms with van der Waals surface area (Å²) in [4.78, 5) is 34.6. The molecule has 0 saturated heterocycles. The van der Waals surface area contributed by atoms with E-state index >= 15 is 0 Å². The first-order chi connectivity index (χ1) is 13.2. The number of amides is 2. The van der Waals surface area contributed by atoms with E-state index in [9.17, 15) is 14.4 Å². The number of carbonyl (C=O) groups is 3. The Bertz CT molecular complexity index is 703. The minimum absolute atomic E-state index is 0.120. The average Bonchev–Trinajstić information content (AvgIpc) is 2.50. The summed E-state index contributed by atoms with van der Waals surface area (Å²) in [5.41, 5.74) is 4.49. The number of alkyl carbamates (subject to hydrolysis) is 1. The first kappa shape index (κ1) is 24.1. The molecule has 3 N–H and O–H groups in total. The van der Waals surface area contributed by atoms with Crippen LogP contribution in [-0.4, -0.2) is 42.2 Å². The lowest BCUT2D eigenvalue weighted by Gasteiger charge is -2.23. The lowest BCUT2D eigenvalue weighted by Crippen LogP contribution is -2.43. The standard InChI is InChI=1S/C20H30N2O7/c1-19(2,3)28-17(24)22-14(12-26-16(21)23)11-13-7-9-15(10-8-13)27-18(25)29-20(4,5)6/h7-10,14H,11-12H2,1-6H3,(H2,21,23)(H,22,24)/t14-/m0/s1. The summed E-state index contributed by atoms with van der Waals surface area (Å²) in [6.07, 6.45) is -2.05. The molecule has 1 aromatic rings. The summed E-state index contributed by atoms with van der Waals surface area (Å²) < 4.78 is 20.2. The fourth-order valence-corrected chi connectivity index (χ4v) is 2.15. The van der Waals surface area contributed by atoms with Crippen molar-refractivity contribution in [1.82, 2.24) is 5.32 Å². The molecule has 29 heavy (non-hydrogen) atoms. The first-order valence-corrected chi connectivity index (χ1v) is 9.15. The minimum atomic E-state index is -0.943. The van der Waals surface area contributed by atoms with Crippen molar-refractivity contribution < 1.29 is 33.3 Å². The van der Waals surface area contributed by atoms with Crippen LogP contribution >= 0.6 is 0 Å². The fourth-order valence-electron chi connectivity index (χ4n) is 2.15. The third-order valence-electron chi connectivity index (χ3n) is 3.14. The van der Waals surface area contributed by atoms with Crippen LogP contribution < -0.4 is 15.8 Å². The van der Waals surface area contributed by atoms with Gasteiger partial charge in [0.2, 0.25) is 0 Å². The Morgan fingerprint density at radius 2 is 1.52 bits per heavy atom. The summed E-state index contributed by atoms with van der Waals surface area (Å²) >= 11 is 0. The average molecular weight is 410 g/mol. The molecule has 2 amide bonds. The molecule has 162 valence electrons. The molecule has 1 rings (SSSR count). The summed E-state index contributed by atoms with van der Waals surface area (Å²) in [6, 6.07) is 6.06. The molecule has 0 aliphatic heterocycles. The summed E-state index contributed by atoms with van der Waals surface area (Å²) in [7, 11) is 0. The van der Waals surface area contributed by atoms with Crippen molar-refractivity contribution in [1.29, 1.82) is 0 Å². The van der Waals surface area contributed by atoms with E-state index in [1.807, 2.05) is 0 Å². The van der Waals surface area contributed by atoms with Gasteiger partial charge in [-0.15, -0.1) is 0 Å². The van der Waals surface area contributed by atoms with Gasteiger partial charge in [0.25, 0.3) is 0 Å². The molecular weight excluding hydrogens is 380 g/mol. The van der Waals surface area contributed by atoms with Crippen LogP contribution in [0.15, 0.2) is 24.3 Å². The maximum Gasteiger partial charge on any atom is 0.514 e. The second-order valence-corrected chi connectivity index (χ2v) is 8.39. The molecule has 0 aromatic heterocycles. The van der Waals surface area contributed by atoms with Crippen molar-refractivity contribution in [3.8, 4) is 5.75 Å². The van der Waals surface area contributed by atoms with Crippen LogP contribution in [0.25, 0.3) is 0 Å². The highest BCUT2D eigenvalue weighted by molar-refractivity contribution is 5.68. The van der Waals surface area contributed by atoms with E-state index in [1.165, 1.54) is 0 Å². The van der Waals surface area contributed by atoms with Crippen LogP contribution in [0.3, 0.4) is 0 Å². The molecule has 0 spiro atoms. The molecule has 1 aromatic carbocycles. The number of carbonyl (C=O) groups excluding carboxylic acids is 3. The van der Waals surface area contributed by atoms with Gasteiger partial charge in [0.05, 0.1) is 6.04 Å². The molecule has 1 atom stereocenters. The Kier molecular flexibility index (Phi) is 8.29. The van der Waals surface area contributed by atoms with Crippen LogP contribution in [0, 0.1) is 0 Å². The lowest BCUT2D eigenvalue weighted by molar-refractivity contribution is 0.0205. The molecule has 0 bridgehead atoms. The lowest BCUT2D eigenvalue weighted by atomic mass is 10.1. The second-order valence-electron chi connectivity index (χ2n) is 8.39. The molecule has 0 saturated carbocycles. The number of nitrogens with two attached hydrogens (primary N) is 1. The highest BCUT2D eigenvalue weighted by atomic mass is 16.7. The second kappa shape index (κ2) is 9.99. The molecular formula is C20H30N2O7. The summed E-state index contributed by atoms with van der Waals surface area (Å²) in [6.45, 7) is 10.3. The highest BCUT2D eigenvalue weighted by Crippen LogP contribution is 2.16. The zero-order valence-electron chi connectivity index (χ0n) is 17.7. The SMILES string of the molecule is CC(C)(C)OC(=O)N[C@H](COC(N)=O)Cc1ccc(OC(=O)OC(C)(C)C)cc1. The van der Waals surface area contributed by atoms with Gasteiger partial charge in [-0.3, -0.25) is 0 Å². The Labute approximate surface area is 170 Å². The zero-order chi connectivity index (χ0) is 22.2. The molecule has 9 nitrogen and oxygen atoms in total. The smallest absolute Gasteiger partial charge is 0.448 e. The van der Waals surface area contributed by atoms with E-state index in [2.05, 4.69) is 5.32 Å². The van der Waals surface area contributed by atoms with Crippen LogP contribution in [0.4, 0.5) is 14.4 Å². The molecule has 0 radical (unpaired) electrons. The fraction of sp³-hybridized carbons (Fsp3) is 0.550. The van der Waals surface area contributed by atoms with E-state index < -0.39 is 35.6 Å². The number of benzene rings is 1. The normalized spacial score (nSPS) is 12.5. The van der Waals surface area contributed by atoms with E-state index in [-0.39, 0.29) is 6.61 Å². The largest absolute Gasteiger partial charge is 0.514 e. The van der Waals surface area contributed by atoms with Gasteiger partial charge < -0.3 is 30.0 Å². The van der Waals surface area contributed by atoms with Crippen molar-refractivity contribution in [2.45, 2.75) is 65.2 Å². The van der Waals surface area contributed by atoms with Crippen LogP contribution in [-0.2, 0) is 20.6 Å². The first-order valence-electron chi connectivity index (χ1n) is 9.15. The zero-order valence-corrected chi connectivity index (χ0v) is 17.7. The highest BCUT2D eigenvalue weighted by Gasteiger charge is 2.21. The van der Waals surface area contributed by atoms with Gasteiger partial charge in [-0.25, -0.2) is 14.4 Å². The Morgan fingerprint density at radius 1 is 0.966 bits per heavy atom. The van der Waals surface area contributed by atoms with Gasteiger partial charge in [-0.05, 0) is 65.7 Å². The van der Waals surface area contributed by atoms with Gasteiger partial charge >= 0.3 is 18.3 Å². The topological polar surface area (TPSA) is 126 Å². The molecule has 0 aliphatic carbocycles. The van der Waals surface area contributed by atoms with Crippen LogP contribution in [0.5, 0.6) is 5.75 Å². The molecule has 0 aliphatic rings. The number of rotatable bonds is 6. The molecule has 0 fully saturated rings. The van der Waals surface area contributed by atoms with Gasteiger partial charge in [0, 0.05) is 0 Å². The van der Waals surface area contributed by atoms with Crippen molar-refractivity contribution >= 4 is 18.3 Å². The van der Waals surface area contributed by atoms with E-state index in [4.69, 9.17) is 24.7 Å². The van der Waals surface area contributed by atoms with E-state index in [0.717, 1.165) is 5.56 Å².